The van der Waals surface area contributed by atoms with Crippen LogP contribution in [0.2, 0.25) is 0 Å². The average Bonchev–Trinajstić information content (AvgIpc) is 2.75. The van der Waals surface area contributed by atoms with Crippen LogP contribution in [0.1, 0.15) is 11.1 Å². The number of rotatable bonds is 8. The second kappa shape index (κ2) is 10.0. The van der Waals surface area contributed by atoms with Gasteiger partial charge in [-0.05, 0) is 60.0 Å². The van der Waals surface area contributed by atoms with E-state index in [4.69, 9.17) is 9.47 Å². The number of methoxy groups -OCH3 is 1. The molecule has 29 heavy (non-hydrogen) atoms. The zero-order chi connectivity index (χ0) is 20.5. The van der Waals surface area contributed by atoms with E-state index in [9.17, 15) is 9.18 Å². The highest BCUT2D eigenvalue weighted by molar-refractivity contribution is 5.91. The summed E-state index contributed by atoms with van der Waals surface area (Å²) < 4.78 is 24.8. The van der Waals surface area contributed by atoms with E-state index in [1.807, 2.05) is 24.3 Å². The molecule has 0 saturated carbocycles. The van der Waals surface area contributed by atoms with E-state index in [2.05, 4.69) is 10.3 Å². The Morgan fingerprint density at radius 3 is 2.66 bits per heavy atom. The number of amides is 1. The summed E-state index contributed by atoms with van der Waals surface area (Å²) in [5.41, 5.74) is 1.66. The molecule has 0 atom stereocenters. The molecule has 3 rings (SSSR count). The fourth-order valence-corrected chi connectivity index (χ4v) is 2.59. The minimum Gasteiger partial charge on any atom is -0.497 e. The van der Waals surface area contributed by atoms with Gasteiger partial charge in [-0.2, -0.15) is 0 Å². The highest BCUT2D eigenvalue weighted by Gasteiger charge is 2.05. The van der Waals surface area contributed by atoms with Gasteiger partial charge >= 0.3 is 0 Å². The SMILES string of the molecule is COc1ccc(CCNC(=O)/C=C/c2ccc(Oc3cccnc3)c(F)c2)cc1. The first-order valence-electron chi connectivity index (χ1n) is 9.10. The highest BCUT2D eigenvalue weighted by Crippen LogP contribution is 2.24. The molecular formula is C23H21FN2O3. The van der Waals surface area contributed by atoms with Gasteiger partial charge in [0.25, 0.3) is 0 Å². The van der Waals surface area contributed by atoms with Gasteiger partial charge < -0.3 is 14.8 Å². The summed E-state index contributed by atoms with van der Waals surface area (Å²) in [5, 5.41) is 2.81. The van der Waals surface area contributed by atoms with Gasteiger partial charge in [-0.25, -0.2) is 4.39 Å². The number of carbonyl (C=O) groups excluding carboxylic acids is 1. The van der Waals surface area contributed by atoms with Crippen LogP contribution in [0.5, 0.6) is 17.2 Å². The minimum absolute atomic E-state index is 0.0964. The predicted octanol–water partition coefficient (Wildman–Crippen LogP) is 4.39. The molecule has 148 valence electrons. The quantitative estimate of drug-likeness (QED) is 0.578. The summed E-state index contributed by atoms with van der Waals surface area (Å²) >= 11 is 0. The maximum absolute atomic E-state index is 14.2. The predicted molar refractivity (Wildman–Crippen MR) is 109 cm³/mol. The zero-order valence-electron chi connectivity index (χ0n) is 16.0. The number of pyridine rings is 1. The Morgan fingerprint density at radius 1 is 1.14 bits per heavy atom. The number of aromatic nitrogens is 1. The Bertz CT molecular complexity index is 973. The van der Waals surface area contributed by atoms with E-state index < -0.39 is 5.82 Å². The first-order valence-corrected chi connectivity index (χ1v) is 9.10. The van der Waals surface area contributed by atoms with E-state index in [-0.39, 0.29) is 11.7 Å². The second-order valence-electron chi connectivity index (χ2n) is 6.20. The number of hydrogen-bond acceptors (Lipinski definition) is 4. The molecule has 0 fully saturated rings. The molecule has 5 nitrogen and oxygen atoms in total. The fraction of sp³-hybridized carbons (Fsp3) is 0.130. The Morgan fingerprint density at radius 2 is 1.97 bits per heavy atom. The van der Waals surface area contributed by atoms with Crippen molar-refractivity contribution >= 4 is 12.0 Å². The van der Waals surface area contributed by atoms with Crippen LogP contribution in [0, 0.1) is 5.82 Å². The summed E-state index contributed by atoms with van der Waals surface area (Å²) in [6.45, 7) is 0.502. The van der Waals surface area contributed by atoms with Gasteiger partial charge in [-0.1, -0.05) is 18.2 Å². The van der Waals surface area contributed by atoms with Crippen molar-refractivity contribution < 1.29 is 18.7 Å². The van der Waals surface area contributed by atoms with Gasteiger partial charge in [0.05, 0.1) is 13.3 Å². The van der Waals surface area contributed by atoms with Crippen molar-refractivity contribution in [1.29, 1.82) is 0 Å². The summed E-state index contributed by atoms with van der Waals surface area (Å²) in [5.74, 6) is 0.584. The number of carbonyl (C=O) groups is 1. The third-order valence-corrected chi connectivity index (χ3v) is 4.12. The molecule has 0 radical (unpaired) electrons. The zero-order valence-corrected chi connectivity index (χ0v) is 16.0. The molecule has 0 aliphatic heterocycles. The summed E-state index contributed by atoms with van der Waals surface area (Å²) in [7, 11) is 1.62. The van der Waals surface area contributed by atoms with Crippen LogP contribution in [-0.2, 0) is 11.2 Å². The molecule has 0 unspecified atom stereocenters. The average molecular weight is 392 g/mol. The molecule has 1 amide bonds. The van der Waals surface area contributed by atoms with Crippen molar-refractivity contribution in [3.63, 3.8) is 0 Å². The largest absolute Gasteiger partial charge is 0.497 e. The van der Waals surface area contributed by atoms with Gasteiger partial charge in [-0.15, -0.1) is 0 Å². The molecule has 2 aromatic carbocycles. The van der Waals surface area contributed by atoms with E-state index in [0.717, 1.165) is 11.3 Å². The van der Waals surface area contributed by atoms with Crippen LogP contribution < -0.4 is 14.8 Å². The molecule has 0 bridgehead atoms. The molecule has 3 aromatic rings. The minimum atomic E-state index is -0.518. The third kappa shape index (κ3) is 6.17. The van der Waals surface area contributed by atoms with E-state index in [1.165, 1.54) is 24.4 Å². The molecule has 6 heteroatoms. The van der Waals surface area contributed by atoms with Crippen LogP contribution in [0.15, 0.2) is 73.1 Å². The van der Waals surface area contributed by atoms with Crippen molar-refractivity contribution in [1.82, 2.24) is 10.3 Å². The smallest absolute Gasteiger partial charge is 0.244 e. The third-order valence-electron chi connectivity index (χ3n) is 4.12. The van der Waals surface area contributed by atoms with Crippen molar-refractivity contribution in [2.45, 2.75) is 6.42 Å². The van der Waals surface area contributed by atoms with Crippen molar-refractivity contribution in [2.24, 2.45) is 0 Å². The lowest BCUT2D eigenvalue weighted by Crippen LogP contribution is -2.23. The van der Waals surface area contributed by atoms with Gasteiger partial charge in [0.2, 0.25) is 5.91 Å². The monoisotopic (exact) mass is 392 g/mol. The molecule has 1 heterocycles. The summed E-state index contributed by atoms with van der Waals surface area (Å²) in [6.07, 6.45) is 6.76. The molecule has 0 aliphatic rings. The fourth-order valence-electron chi connectivity index (χ4n) is 2.59. The van der Waals surface area contributed by atoms with Crippen molar-refractivity contribution in [3.8, 4) is 17.2 Å². The summed E-state index contributed by atoms with van der Waals surface area (Å²) in [6, 6.07) is 15.6. The molecular weight excluding hydrogens is 371 g/mol. The van der Waals surface area contributed by atoms with Crippen LogP contribution in [0.25, 0.3) is 6.08 Å². The maximum atomic E-state index is 14.2. The van der Waals surface area contributed by atoms with Gasteiger partial charge in [-0.3, -0.25) is 9.78 Å². The number of nitrogens with one attached hydrogen (secondary N) is 1. The molecule has 0 saturated heterocycles. The lowest BCUT2D eigenvalue weighted by Gasteiger charge is -2.06. The lowest BCUT2D eigenvalue weighted by molar-refractivity contribution is -0.116. The number of nitrogens with zero attached hydrogens (tertiary/aromatic N) is 1. The van der Waals surface area contributed by atoms with Gasteiger partial charge in [0.1, 0.15) is 11.5 Å². The van der Waals surface area contributed by atoms with Crippen LogP contribution in [0.3, 0.4) is 0 Å². The Labute approximate surface area is 168 Å². The maximum Gasteiger partial charge on any atom is 0.244 e. The molecule has 1 aromatic heterocycles. The van der Waals surface area contributed by atoms with Crippen molar-refractivity contribution in [3.05, 3.63) is 90.0 Å². The number of halogens is 1. The van der Waals surface area contributed by atoms with E-state index in [1.54, 1.807) is 37.6 Å². The first-order chi connectivity index (χ1) is 14.1. The van der Waals surface area contributed by atoms with Gasteiger partial charge in [0.15, 0.2) is 11.6 Å². The Hall–Kier alpha value is -3.67. The lowest BCUT2D eigenvalue weighted by atomic mass is 10.1. The number of hydrogen-bond donors (Lipinski definition) is 1. The topological polar surface area (TPSA) is 60.5 Å². The molecule has 0 spiro atoms. The molecule has 1 N–H and O–H groups in total. The van der Waals surface area contributed by atoms with Crippen LogP contribution in [-0.4, -0.2) is 24.5 Å². The standard InChI is InChI=1S/C23H21FN2O3/c1-28-19-8-4-17(5-9-19)12-14-26-23(27)11-7-18-6-10-22(21(24)15-18)29-20-3-2-13-25-16-20/h2-11,13,15-16H,12,14H2,1H3,(H,26,27)/b11-7+. The second-order valence-corrected chi connectivity index (χ2v) is 6.20. The van der Waals surface area contributed by atoms with E-state index >= 15 is 0 Å². The van der Waals surface area contributed by atoms with Crippen LogP contribution in [0.4, 0.5) is 4.39 Å². The Kier molecular flexibility index (Phi) is 6.95. The Balaban J connectivity index is 1.49. The normalized spacial score (nSPS) is 10.7. The van der Waals surface area contributed by atoms with Crippen molar-refractivity contribution in [2.75, 3.05) is 13.7 Å². The van der Waals surface area contributed by atoms with E-state index in [0.29, 0.717) is 24.3 Å². The summed E-state index contributed by atoms with van der Waals surface area (Å²) in [4.78, 5) is 15.9. The van der Waals surface area contributed by atoms with Gasteiger partial charge in [0, 0.05) is 18.8 Å². The highest BCUT2D eigenvalue weighted by atomic mass is 19.1. The number of benzene rings is 2. The molecule has 0 aliphatic carbocycles. The first kappa shape index (κ1) is 20.1. The van der Waals surface area contributed by atoms with Crippen LogP contribution >= 0.6 is 0 Å². The number of ether oxygens (including phenoxy) is 2.